The van der Waals surface area contributed by atoms with Crippen LogP contribution in [0.2, 0.25) is 0 Å². The number of nitrogens with zero attached hydrogens (tertiary/aromatic N) is 1. The third kappa shape index (κ3) is 4.19. The molecule has 0 unspecified atom stereocenters. The van der Waals surface area contributed by atoms with E-state index < -0.39 is 0 Å². The topological polar surface area (TPSA) is 38.8 Å². The molecule has 0 aliphatic carbocycles. The largest absolute Gasteiger partial charge is 0.496 e. The lowest BCUT2D eigenvalue weighted by molar-refractivity contribution is -0.141. The number of hydrogen-bond donors (Lipinski definition) is 0. The Labute approximate surface area is 144 Å². The molecule has 1 aliphatic rings. The van der Waals surface area contributed by atoms with Crippen molar-refractivity contribution >= 4 is 11.5 Å². The number of methoxy groups -OCH3 is 2. The zero-order valence-electron chi connectivity index (χ0n) is 15.3. The molecule has 1 aliphatic heterocycles. The molecule has 0 amide bonds. The Morgan fingerprint density at radius 2 is 2.04 bits per heavy atom. The van der Waals surface area contributed by atoms with E-state index in [0.29, 0.717) is 12.5 Å². The summed E-state index contributed by atoms with van der Waals surface area (Å²) in [4.78, 5) is 13.8. The summed E-state index contributed by atoms with van der Waals surface area (Å²) in [6, 6.07) is 6.24. The van der Waals surface area contributed by atoms with Gasteiger partial charge in [0, 0.05) is 12.2 Å². The maximum Gasteiger partial charge on any atom is 0.325 e. The van der Waals surface area contributed by atoms with E-state index in [2.05, 4.69) is 50.0 Å². The first kappa shape index (κ1) is 18.1. The molecule has 4 heteroatoms. The highest BCUT2D eigenvalue weighted by molar-refractivity contribution is 5.77. The smallest absolute Gasteiger partial charge is 0.325 e. The van der Waals surface area contributed by atoms with E-state index in [4.69, 9.17) is 9.47 Å². The zero-order valence-corrected chi connectivity index (χ0v) is 15.3. The second-order valence-corrected chi connectivity index (χ2v) is 6.35. The van der Waals surface area contributed by atoms with Gasteiger partial charge < -0.3 is 14.4 Å². The summed E-state index contributed by atoms with van der Waals surface area (Å²) in [6.45, 7) is 7.47. The predicted octanol–water partition coefficient (Wildman–Crippen LogP) is 3.81. The Morgan fingerprint density at radius 1 is 1.29 bits per heavy atom. The number of carbonyl (C=O) groups excluding carboxylic acids is 1. The van der Waals surface area contributed by atoms with Gasteiger partial charge in [-0.05, 0) is 54.2 Å². The van der Waals surface area contributed by atoms with E-state index in [-0.39, 0.29) is 5.97 Å². The second-order valence-electron chi connectivity index (χ2n) is 6.35. The van der Waals surface area contributed by atoms with Crippen LogP contribution >= 0.6 is 0 Å². The Morgan fingerprint density at radius 3 is 2.62 bits per heavy atom. The van der Waals surface area contributed by atoms with Gasteiger partial charge in [-0.2, -0.15) is 0 Å². The van der Waals surface area contributed by atoms with Crippen molar-refractivity contribution in [2.24, 2.45) is 5.92 Å². The molecule has 2 rings (SSSR count). The molecule has 0 aromatic heterocycles. The molecule has 1 aromatic rings. The number of hydrogen-bond acceptors (Lipinski definition) is 4. The standard InChI is InChI=1S/C20H27NO3/c1-14(2)18-12-16(7-6-10-21(18)13-20(22)24-5)17-8-9-19(23-4)15(3)11-17/h7-9,11-12,14H,6,10,13H2,1-5H3. The minimum absolute atomic E-state index is 0.203. The van der Waals surface area contributed by atoms with Gasteiger partial charge in [0.15, 0.2) is 0 Å². The van der Waals surface area contributed by atoms with Crippen LogP contribution in [0.5, 0.6) is 5.75 Å². The number of allylic oxidation sites excluding steroid dienone is 3. The molecule has 1 aromatic carbocycles. The summed E-state index contributed by atoms with van der Waals surface area (Å²) in [5, 5.41) is 0. The first-order valence-corrected chi connectivity index (χ1v) is 8.34. The summed E-state index contributed by atoms with van der Waals surface area (Å²) >= 11 is 0. The van der Waals surface area contributed by atoms with Crippen LogP contribution in [0.3, 0.4) is 0 Å². The van der Waals surface area contributed by atoms with E-state index >= 15 is 0 Å². The molecular formula is C20H27NO3. The molecule has 0 saturated carbocycles. The average Bonchev–Trinajstić information content (AvgIpc) is 2.77. The molecule has 0 saturated heterocycles. The van der Waals surface area contributed by atoms with Gasteiger partial charge in [-0.15, -0.1) is 0 Å². The van der Waals surface area contributed by atoms with Crippen LogP contribution < -0.4 is 4.74 Å². The normalized spacial score (nSPS) is 14.8. The lowest BCUT2D eigenvalue weighted by atomic mass is 9.99. The predicted molar refractivity (Wildman–Crippen MR) is 96.8 cm³/mol. The molecule has 0 atom stereocenters. The lowest BCUT2D eigenvalue weighted by Crippen LogP contribution is -2.32. The number of aryl methyl sites for hydroxylation is 1. The number of carbonyl (C=O) groups is 1. The van der Waals surface area contributed by atoms with Crippen molar-refractivity contribution in [3.8, 4) is 5.75 Å². The van der Waals surface area contributed by atoms with Crippen molar-refractivity contribution in [3.63, 3.8) is 0 Å². The van der Waals surface area contributed by atoms with Gasteiger partial charge in [0.25, 0.3) is 0 Å². The van der Waals surface area contributed by atoms with Crippen LogP contribution in [0.15, 0.2) is 36.0 Å². The van der Waals surface area contributed by atoms with Gasteiger partial charge in [0.1, 0.15) is 12.3 Å². The summed E-state index contributed by atoms with van der Waals surface area (Å²) in [5.41, 5.74) is 4.65. The average molecular weight is 329 g/mol. The van der Waals surface area contributed by atoms with Gasteiger partial charge in [-0.25, -0.2) is 0 Å². The fourth-order valence-corrected chi connectivity index (χ4v) is 3.00. The fraction of sp³-hybridized carbons (Fsp3) is 0.450. The fourth-order valence-electron chi connectivity index (χ4n) is 3.00. The summed E-state index contributed by atoms with van der Waals surface area (Å²) in [6.07, 6.45) is 5.33. The number of rotatable bonds is 5. The Balaban J connectivity index is 2.35. The second kappa shape index (κ2) is 8.04. The van der Waals surface area contributed by atoms with Crippen LogP contribution in [0.25, 0.3) is 5.57 Å². The summed E-state index contributed by atoms with van der Waals surface area (Å²) in [7, 11) is 3.12. The van der Waals surface area contributed by atoms with E-state index in [1.165, 1.54) is 18.2 Å². The zero-order chi connectivity index (χ0) is 17.7. The van der Waals surface area contributed by atoms with Crippen molar-refractivity contribution in [2.75, 3.05) is 27.3 Å². The Kier molecular flexibility index (Phi) is 6.07. The number of esters is 1. The monoisotopic (exact) mass is 329 g/mol. The highest BCUT2D eigenvalue weighted by Crippen LogP contribution is 2.29. The van der Waals surface area contributed by atoms with Crippen molar-refractivity contribution in [1.82, 2.24) is 4.90 Å². The van der Waals surface area contributed by atoms with E-state index in [1.807, 2.05) is 6.07 Å². The SMILES string of the molecule is COC(=O)CN1CCC=C(c2ccc(OC)c(C)c2)C=C1C(C)C. The van der Waals surface area contributed by atoms with Gasteiger partial charge in [-0.3, -0.25) is 4.79 Å². The number of benzene rings is 1. The van der Waals surface area contributed by atoms with Crippen LogP contribution in [0.4, 0.5) is 0 Å². The van der Waals surface area contributed by atoms with E-state index in [0.717, 1.165) is 30.0 Å². The lowest BCUT2D eigenvalue weighted by Gasteiger charge is -2.27. The van der Waals surface area contributed by atoms with E-state index in [1.54, 1.807) is 7.11 Å². The first-order valence-electron chi connectivity index (χ1n) is 8.34. The molecule has 0 fully saturated rings. The first-order chi connectivity index (χ1) is 11.5. The maximum absolute atomic E-state index is 11.7. The molecule has 0 N–H and O–H groups in total. The van der Waals surface area contributed by atoms with Crippen molar-refractivity contribution in [3.05, 3.63) is 47.2 Å². The molecular weight excluding hydrogens is 302 g/mol. The highest BCUT2D eigenvalue weighted by atomic mass is 16.5. The molecule has 1 heterocycles. The van der Waals surface area contributed by atoms with Crippen LogP contribution in [0, 0.1) is 12.8 Å². The van der Waals surface area contributed by atoms with Crippen molar-refractivity contribution < 1.29 is 14.3 Å². The minimum Gasteiger partial charge on any atom is -0.496 e. The van der Waals surface area contributed by atoms with Crippen molar-refractivity contribution in [2.45, 2.75) is 27.2 Å². The molecule has 0 radical (unpaired) electrons. The summed E-state index contributed by atoms with van der Waals surface area (Å²) in [5.74, 6) is 1.02. The third-order valence-corrected chi connectivity index (χ3v) is 4.30. The van der Waals surface area contributed by atoms with Crippen LogP contribution in [0.1, 0.15) is 31.4 Å². The molecule has 4 nitrogen and oxygen atoms in total. The van der Waals surface area contributed by atoms with Crippen LogP contribution in [-0.4, -0.2) is 38.2 Å². The van der Waals surface area contributed by atoms with Crippen LogP contribution in [-0.2, 0) is 9.53 Å². The third-order valence-electron chi connectivity index (χ3n) is 4.30. The summed E-state index contributed by atoms with van der Waals surface area (Å²) < 4.78 is 10.2. The maximum atomic E-state index is 11.7. The highest BCUT2D eigenvalue weighted by Gasteiger charge is 2.19. The van der Waals surface area contributed by atoms with E-state index in [9.17, 15) is 4.79 Å². The Hall–Kier alpha value is -2.23. The molecule has 24 heavy (non-hydrogen) atoms. The molecule has 0 spiro atoms. The van der Waals surface area contributed by atoms with Gasteiger partial charge in [-0.1, -0.05) is 26.0 Å². The quantitative estimate of drug-likeness (QED) is 0.770. The van der Waals surface area contributed by atoms with Gasteiger partial charge >= 0.3 is 5.97 Å². The Bertz CT molecular complexity index is 659. The minimum atomic E-state index is -0.203. The molecule has 0 bridgehead atoms. The molecule has 130 valence electrons. The van der Waals surface area contributed by atoms with Gasteiger partial charge in [0.2, 0.25) is 0 Å². The number of ether oxygens (including phenoxy) is 2. The van der Waals surface area contributed by atoms with Gasteiger partial charge in [0.05, 0.1) is 14.2 Å². The van der Waals surface area contributed by atoms with Crippen molar-refractivity contribution in [1.29, 1.82) is 0 Å².